The van der Waals surface area contributed by atoms with Crippen molar-refractivity contribution in [3.63, 3.8) is 0 Å². The van der Waals surface area contributed by atoms with Crippen LogP contribution in [0.1, 0.15) is 32.6 Å². The fourth-order valence-electron chi connectivity index (χ4n) is 2.03. The maximum atomic E-state index is 13.4. The largest absolute Gasteiger partial charge is 0.463 e. The Bertz CT molecular complexity index is 633. The summed E-state index contributed by atoms with van der Waals surface area (Å²) in [6, 6.07) is 0. The molecule has 1 aromatic rings. The van der Waals surface area contributed by atoms with Crippen molar-refractivity contribution in [2.45, 2.75) is 45.7 Å². The number of halogens is 1. The van der Waals surface area contributed by atoms with Crippen molar-refractivity contribution in [3.05, 3.63) is 45.5 Å². The van der Waals surface area contributed by atoms with Gasteiger partial charge in [-0.05, 0) is 26.2 Å². The molecule has 0 aromatic carbocycles. The molecule has 0 amide bonds. The van der Waals surface area contributed by atoms with E-state index < -0.39 is 23.0 Å². The molecule has 0 spiro atoms. The molecule has 0 fully saturated rings. The first-order valence-electron chi connectivity index (χ1n) is 7.30. The summed E-state index contributed by atoms with van der Waals surface area (Å²) < 4.78 is 20.4. The lowest BCUT2D eigenvalue weighted by Gasteiger charge is -2.09. The first kappa shape index (κ1) is 17.9. The lowest BCUT2D eigenvalue weighted by molar-refractivity contribution is -0.137. The Morgan fingerprint density at radius 2 is 2.00 bits per heavy atom. The molecule has 0 aliphatic carbocycles. The number of unbranched alkanes of at least 4 members (excludes halogenated alkanes) is 3. The molecule has 122 valence electrons. The summed E-state index contributed by atoms with van der Waals surface area (Å²) in [5.41, 5.74) is -1.37. The zero-order valence-electron chi connectivity index (χ0n) is 12.7. The highest BCUT2D eigenvalue weighted by Crippen LogP contribution is 2.02. The van der Waals surface area contributed by atoms with Crippen molar-refractivity contribution in [2.75, 3.05) is 6.61 Å². The number of carbonyl (C=O) groups excluding carboxylic acids is 1. The van der Waals surface area contributed by atoms with E-state index in [-0.39, 0.29) is 6.54 Å². The molecular formula is C15H21FN2O4. The Hall–Kier alpha value is -2.18. The van der Waals surface area contributed by atoms with Crippen molar-refractivity contribution in [3.8, 4) is 0 Å². The van der Waals surface area contributed by atoms with Crippen molar-refractivity contribution in [1.29, 1.82) is 0 Å². The van der Waals surface area contributed by atoms with Crippen LogP contribution in [-0.4, -0.2) is 21.7 Å². The average molecular weight is 312 g/mol. The monoisotopic (exact) mass is 312 g/mol. The Labute approximate surface area is 127 Å². The average Bonchev–Trinajstić information content (AvgIpc) is 2.51. The van der Waals surface area contributed by atoms with Crippen molar-refractivity contribution >= 4 is 5.97 Å². The van der Waals surface area contributed by atoms with Gasteiger partial charge in [-0.3, -0.25) is 13.9 Å². The highest BCUT2D eigenvalue weighted by molar-refractivity contribution is 5.81. The Balaban J connectivity index is 2.42. The summed E-state index contributed by atoms with van der Waals surface area (Å²) in [4.78, 5) is 34.2. The third kappa shape index (κ3) is 4.98. The van der Waals surface area contributed by atoms with Gasteiger partial charge >= 0.3 is 11.7 Å². The molecule has 0 aliphatic rings. The van der Waals surface area contributed by atoms with E-state index in [1.54, 1.807) is 6.92 Å². The Morgan fingerprint density at radius 1 is 1.32 bits per heavy atom. The summed E-state index contributed by atoms with van der Waals surface area (Å²) in [6.07, 6.45) is 5.11. The molecule has 0 unspecified atom stereocenters. The van der Waals surface area contributed by atoms with Crippen molar-refractivity contribution < 1.29 is 13.9 Å². The zero-order valence-corrected chi connectivity index (χ0v) is 12.7. The normalized spacial score (nSPS) is 10.5. The predicted octanol–water partition coefficient (Wildman–Crippen LogP) is 1.46. The van der Waals surface area contributed by atoms with Crippen LogP contribution in [0.15, 0.2) is 28.4 Å². The molecular weight excluding hydrogens is 291 g/mol. The number of hydrogen-bond donors (Lipinski definition) is 0. The van der Waals surface area contributed by atoms with Gasteiger partial charge in [0.25, 0.3) is 5.56 Å². The number of hydrogen-bond acceptors (Lipinski definition) is 4. The van der Waals surface area contributed by atoms with Crippen LogP contribution in [0.25, 0.3) is 0 Å². The van der Waals surface area contributed by atoms with E-state index in [0.717, 1.165) is 36.1 Å². The molecule has 1 heterocycles. The van der Waals surface area contributed by atoms with Gasteiger partial charge in [0.1, 0.15) is 0 Å². The number of ether oxygens (including phenoxy) is 1. The van der Waals surface area contributed by atoms with Gasteiger partial charge < -0.3 is 4.74 Å². The second-order valence-electron chi connectivity index (χ2n) is 4.79. The van der Waals surface area contributed by atoms with E-state index in [1.165, 1.54) is 4.57 Å². The zero-order chi connectivity index (χ0) is 16.5. The number of esters is 1. The third-order valence-electron chi connectivity index (χ3n) is 3.22. The molecule has 0 saturated carbocycles. The second kappa shape index (κ2) is 8.96. The van der Waals surface area contributed by atoms with Gasteiger partial charge in [-0.1, -0.05) is 13.0 Å². The molecule has 0 radical (unpaired) electrons. The Kier molecular flexibility index (Phi) is 7.28. The van der Waals surface area contributed by atoms with Gasteiger partial charge in [0.15, 0.2) is 0 Å². The molecule has 0 aliphatic heterocycles. The molecule has 0 N–H and O–H groups in total. The second-order valence-corrected chi connectivity index (χ2v) is 4.79. The highest BCUT2D eigenvalue weighted by atomic mass is 19.1. The fourth-order valence-corrected chi connectivity index (χ4v) is 2.03. The van der Waals surface area contributed by atoms with Crippen LogP contribution >= 0.6 is 0 Å². The van der Waals surface area contributed by atoms with Gasteiger partial charge in [-0.15, -0.1) is 0 Å². The van der Waals surface area contributed by atoms with E-state index in [4.69, 9.17) is 4.74 Å². The summed E-state index contributed by atoms with van der Waals surface area (Å²) in [7, 11) is 0. The first-order valence-corrected chi connectivity index (χ1v) is 7.30. The van der Waals surface area contributed by atoms with Crippen molar-refractivity contribution in [1.82, 2.24) is 9.13 Å². The summed E-state index contributed by atoms with van der Waals surface area (Å²) in [5.74, 6) is -1.36. The van der Waals surface area contributed by atoms with Crippen LogP contribution in [0.5, 0.6) is 0 Å². The van der Waals surface area contributed by atoms with Gasteiger partial charge in [-0.2, -0.15) is 4.39 Å². The number of aryl methyl sites for hydroxylation is 1. The van der Waals surface area contributed by atoms with E-state index in [0.29, 0.717) is 19.6 Å². The minimum absolute atomic E-state index is 0.143. The minimum atomic E-state index is -0.919. The molecule has 6 nitrogen and oxygen atoms in total. The van der Waals surface area contributed by atoms with Gasteiger partial charge in [0.2, 0.25) is 5.82 Å². The van der Waals surface area contributed by atoms with Crippen LogP contribution < -0.4 is 11.2 Å². The van der Waals surface area contributed by atoms with Crippen LogP contribution in [0.4, 0.5) is 4.39 Å². The van der Waals surface area contributed by atoms with Gasteiger partial charge in [0, 0.05) is 19.2 Å². The quantitative estimate of drug-likeness (QED) is 0.393. The topological polar surface area (TPSA) is 70.3 Å². The molecule has 0 atom stereocenters. The maximum Gasteiger partial charge on any atom is 0.331 e. The van der Waals surface area contributed by atoms with Crippen LogP contribution in [0.2, 0.25) is 0 Å². The molecule has 7 heteroatoms. The number of carbonyl (C=O) groups is 1. The lowest BCUT2D eigenvalue weighted by atomic mass is 10.2. The van der Waals surface area contributed by atoms with E-state index in [1.807, 2.05) is 0 Å². The molecule has 1 aromatic heterocycles. The highest BCUT2D eigenvalue weighted by Gasteiger charge is 2.09. The summed E-state index contributed by atoms with van der Waals surface area (Å²) in [6.45, 7) is 5.74. The van der Waals surface area contributed by atoms with E-state index >= 15 is 0 Å². The summed E-state index contributed by atoms with van der Waals surface area (Å²) >= 11 is 0. The molecule has 22 heavy (non-hydrogen) atoms. The molecule has 0 saturated heterocycles. The molecule has 0 bridgehead atoms. The lowest BCUT2D eigenvalue weighted by Crippen LogP contribution is -2.40. The number of nitrogens with zero attached hydrogens (tertiary/aromatic N) is 2. The fraction of sp³-hybridized carbons (Fsp3) is 0.533. The number of aromatic nitrogens is 2. The van der Waals surface area contributed by atoms with Crippen LogP contribution in [-0.2, 0) is 22.6 Å². The standard InChI is InChI=1S/C15H21FN2O4/c1-3-13(19)22-10-8-6-5-7-9-17-11-12(16)14(20)18(4-2)15(17)21/h3,11H,1,4-10H2,2H3. The summed E-state index contributed by atoms with van der Waals surface area (Å²) in [5, 5.41) is 0. The van der Waals surface area contributed by atoms with Gasteiger partial charge in [-0.25, -0.2) is 9.59 Å². The maximum absolute atomic E-state index is 13.4. The van der Waals surface area contributed by atoms with Gasteiger partial charge in [0.05, 0.1) is 12.8 Å². The van der Waals surface area contributed by atoms with E-state index in [2.05, 4.69) is 6.58 Å². The SMILES string of the molecule is C=CC(=O)OCCCCCCn1cc(F)c(=O)n(CC)c1=O. The third-order valence-corrected chi connectivity index (χ3v) is 3.22. The Morgan fingerprint density at radius 3 is 2.64 bits per heavy atom. The number of rotatable bonds is 9. The van der Waals surface area contributed by atoms with Crippen molar-refractivity contribution in [2.24, 2.45) is 0 Å². The van der Waals surface area contributed by atoms with E-state index in [9.17, 15) is 18.8 Å². The van der Waals surface area contributed by atoms with Crippen LogP contribution in [0, 0.1) is 5.82 Å². The first-order chi connectivity index (χ1) is 10.5. The van der Waals surface area contributed by atoms with Crippen LogP contribution in [0.3, 0.4) is 0 Å². The predicted molar refractivity (Wildman–Crippen MR) is 80.2 cm³/mol. The smallest absolute Gasteiger partial charge is 0.331 e. The molecule has 1 rings (SSSR count). The minimum Gasteiger partial charge on any atom is -0.463 e.